The first-order valence-electron chi connectivity index (χ1n) is 8.95. The van der Waals surface area contributed by atoms with Gasteiger partial charge in [-0.3, -0.25) is 4.79 Å². The highest BCUT2D eigenvalue weighted by molar-refractivity contribution is 7.21. The normalized spacial score (nSPS) is 10.7. The Morgan fingerprint density at radius 3 is 2.59 bits per heavy atom. The monoisotopic (exact) mass is 403 g/mol. The summed E-state index contributed by atoms with van der Waals surface area (Å²) in [7, 11) is 1.53. The molecular formula is C23H17NO4S. The number of benzene rings is 3. The van der Waals surface area contributed by atoms with Gasteiger partial charge < -0.3 is 9.47 Å². The van der Waals surface area contributed by atoms with E-state index in [1.54, 1.807) is 36.4 Å². The van der Waals surface area contributed by atoms with Crippen molar-refractivity contribution in [2.75, 3.05) is 13.7 Å². The molecule has 0 aliphatic carbocycles. The Morgan fingerprint density at radius 1 is 0.966 bits per heavy atom. The summed E-state index contributed by atoms with van der Waals surface area (Å²) in [5.41, 5.74) is 2.37. The van der Waals surface area contributed by atoms with E-state index in [2.05, 4.69) is 4.98 Å². The molecule has 0 N–H and O–H groups in total. The van der Waals surface area contributed by atoms with Crippen LogP contribution in [0.5, 0.6) is 5.75 Å². The third kappa shape index (κ3) is 4.02. The first kappa shape index (κ1) is 18.8. The number of carbonyl (C=O) groups excluding carboxylic acids is 2. The Labute approximate surface area is 171 Å². The zero-order chi connectivity index (χ0) is 20.2. The van der Waals surface area contributed by atoms with Crippen LogP contribution in [0.2, 0.25) is 0 Å². The van der Waals surface area contributed by atoms with Gasteiger partial charge >= 0.3 is 5.97 Å². The second-order valence-corrected chi connectivity index (χ2v) is 7.29. The van der Waals surface area contributed by atoms with Crippen LogP contribution in [0.3, 0.4) is 0 Å². The number of hydrogen-bond donors (Lipinski definition) is 0. The van der Waals surface area contributed by atoms with Crippen LogP contribution < -0.4 is 4.74 Å². The summed E-state index contributed by atoms with van der Waals surface area (Å²) in [6, 6.07) is 21.7. The molecule has 0 aliphatic rings. The van der Waals surface area contributed by atoms with Gasteiger partial charge in [-0.05, 0) is 30.3 Å². The maximum atomic E-state index is 12.7. The van der Waals surface area contributed by atoms with Gasteiger partial charge in [-0.1, -0.05) is 42.5 Å². The number of carbonyl (C=O) groups is 2. The highest BCUT2D eigenvalue weighted by Crippen LogP contribution is 2.32. The van der Waals surface area contributed by atoms with Crippen LogP contribution in [-0.4, -0.2) is 30.5 Å². The molecule has 0 amide bonds. The number of nitrogens with zero attached hydrogens (tertiary/aromatic N) is 1. The molecule has 29 heavy (non-hydrogen) atoms. The lowest BCUT2D eigenvalue weighted by molar-refractivity contribution is 0.0475. The van der Waals surface area contributed by atoms with Crippen molar-refractivity contribution in [3.05, 3.63) is 83.9 Å². The Balaban J connectivity index is 1.54. The molecule has 5 nitrogen and oxygen atoms in total. The van der Waals surface area contributed by atoms with Crippen LogP contribution in [0.1, 0.15) is 20.7 Å². The molecule has 0 atom stereocenters. The van der Waals surface area contributed by atoms with Gasteiger partial charge in [-0.25, -0.2) is 9.78 Å². The van der Waals surface area contributed by atoms with Crippen molar-refractivity contribution in [2.45, 2.75) is 0 Å². The standard InChI is InChI=1S/C23H17NO4S/c1-27-16-8-6-7-15(13-16)20(25)14-28-23(26)18-10-3-2-9-17(18)22-24-19-11-4-5-12-21(19)29-22/h2-13H,14H2,1H3. The van der Waals surface area contributed by atoms with Gasteiger partial charge in [0.05, 0.1) is 22.9 Å². The summed E-state index contributed by atoms with van der Waals surface area (Å²) < 4.78 is 11.5. The maximum absolute atomic E-state index is 12.7. The number of para-hydroxylation sites is 1. The second-order valence-electron chi connectivity index (χ2n) is 6.26. The summed E-state index contributed by atoms with van der Waals surface area (Å²) in [5, 5.41) is 0.734. The van der Waals surface area contributed by atoms with Crippen molar-refractivity contribution < 1.29 is 19.1 Å². The minimum Gasteiger partial charge on any atom is -0.497 e. The van der Waals surface area contributed by atoms with Crippen molar-refractivity contribution >= 4 is 33.3 Å². The number of ketones is 1. The van der Waals surface area contributed by atoms with E-state index in [4.69, 9.17) is 9.47 Å². The van der Waals surface area contributed by atoms with Crippen molar-refractivity contribution in [2.24, 2.45) is 0 Å². The van der Waals surface area contributed by atoms with E-state index in [0.29, 0.717) is 22.4 Å². The Bertz CT molecular complexity index is 1170. The third-order valence-electron chi connectivity index (χ3n) is 4.40. The van der Waals surface area contributed by atoms with Crippen LogP contribution >= 0.6 is 11.3 Å². The lowest BCUT2D eigenvalue weighted by atomic mass is 10.1. The molecule has 1 aromatic heterocycles. The number of fused-ring (bicyclic) bond motifs is 1. The number of Topliss-reactive ketones (excluding diaryl/α,β-unsaturated/α-hetero) is 1. The van der Waals surface area contributed by atoms with Gasteiger partial charge in [0.25, 0.3) is 0 Å². The summed E-state index contributed by atoms with van der Waals surface area (Å²) in [6.07, 6.45) is 0. The summed E-state index contributed by atoms with van der Waals surface area (Å²) in [5.74, 6) is -0.283. The molecule has 0 saturated heterocycles. The number of thiazole rings is 1. The van der Waals surface area contributed by atoms with Crippen LogP contribution in [0.15, 0.2) is 72.8 Å². The molecule has 6 heteroatoms. The molecule has 1 heterocycles. The topological polar surface area (TPSA) is 65.5 Å². The quantitative estimate of drug-likeness (QED) is 0.334. The smallest absolute Gasteiger partial charge is 0.339 e. The molecule has 0 fully saturated rings. The van der Waals surface area contributed by atoms with Crippen LogP contribution in [0.4, 0.5) is 0 Å². The summed E-state index contributed by atoms with van der Waals surface area (Å²) in [4.78, 5) is 29.7. The molecule has 144 valence electrons. The highest BCUT2D eigenvalue weighted by Gasteiger charge is 2.18. The zero-order valence-corrected chi connectivity index (χ0v) is 16.4. The lowest BCUT2D eigenvalue weighted by Gasteiger charge is -2.08. The van der Waals surface area contributed by atoms with Crippen molar-refractivity contribution in [1.82, 2.24) is 4.98 Å². The fourth-order valence-electron chi connectivity index (χ4n) is 2.92. The van der Waals surface area contributed by atoms with Gasteiger partial charge in [0.15, 0.2) is 12.4 Å². The molecule has 0 spiro atoms. The molecule has 0 aliphatic heterocycles. The van der Waals surface area contributed by atoms with Crippen LogP contribution in [0, 0.1) is 0 Å². The number of hydrogen-bond acceptors (Lipinski definition) is 6. The maximum Gasteiger partial charge on any atom is 0.339 e. The SMILES string of the molecule is COc1cccc(C(=O)COC(=O)c2ccccc2-c2nc3ccccc3s2)c1. The number of ether oxygens (including phenoxy) is 2. The molecule has 4 aromatic rings. The molecule has 4 rings (SSSR count). The minimum absolute atomic E-state index is 0.297. The largest absolute Gasteiger partial charge is 0.497 e. The third-order valence-corrected chi connectivity index (χ3v) is 5.47. The molecule has 0 bridgehead atoms. The van der Waals surface area contributed by atoms with Crippen molar-refractivity contribution in [3.63, 3.8) is 0 Å². The predicted octanol–water partition coefficient (Wildman–Crippen LogP) is 5.01. The Morgan fingerprint density at radius 2 is 1.76 bits per heavy atom. The van der Waals surface area contributed by atoms with E-state index in [0.717, 1.165) is 15.2 Å². The van der Waals surface area contributed by atoms with Gasteiger partial charge in [-0.15, -0.1) is 11.3 Å². The molecule has 0 radical (unpaired) electrons. The number of aromatic nitrogens is 1. The van der Waals surface area contributed by atoms with Gasteiger partial charge in [0.1, 0.15) is 10.8 Å². The van der Waals surface area contributed by atoms with E-state index in [1.165, 1.54) is 18.4 Å². The predicted molar refractivity (Wildman–Crippen MR) is 113 cm³/mol. The first-order valence-corrected chi connectivity index (χ1v) is 9.76. The zero-order valence-electron chi connectivity index (χ0n) is 15.6. The van der Waals surface area contributed by atoms with Gasteiger partial charge in [0, 0.05) is 11.1 Å². The summed E-state index contributed by atoms with van der Waals surface area (Å²) in [6.45, 7) is -0.347. The molecule has 3 aromatic carbocycles. The number of esters is 1. The van der Waals surface area contributed by atoms with E-state index < -0.39 is 5.97 Å². The van der Waals surface area contributed by atoms with Crippen molar-refractivity contribution in [1.29, 1.82) is 0 Å². The lowest BCUT2D eigenvalue weighted by Crippen LogP contribution is -2.15. The second kappa shape index (κ2) is 8.24. The average molecular weight is 403 g/mol. The van der Waals surface area contributed by atoms with E-state index in [9.17, 15) is 9.59 Å². The van der Waals surface area contributed by atoms with Crippen LogP contribution in [0.25, 0.3) is 20.8 Å². The molecule has 0 saturated carbocycles. The molecular weight excluding hydrogens is 386 g/mol. The van der Waals surface area contributed by atoms with Gasteiger partial charge in [0.2, 0.25) is 0 Å². The highest BCUT2D eigenvalue weighted by atomic mass is 32.1. The fourth-order valence-corrected chi connectivity index (χ4v) is 3.93. The van der Waals surface area contributed by atoms with E-state index in [-0.39, 0.29) is 12.4 Å². The van der Waals surface area contributed by atoms with E-state index >= 15 is 0 Å². The Kier molecular flexibility index (Phi) is 5.35. The number of rotatable bonds is 6. The number of methoxy groups -OCH3 is 1. The fraction of sp³-hybridized carbons (Fsp3) is 0.0870. The Hall–Kier alpha value is -3.51. The summed E-state index contributed by atoms with van der Waals surface area (Å²) >= 11 is 1.51. The van der Waals surface area contributed by atoms with Gasteiger partial charge in [-0.2, -0.15) is 0 Å². The average Bonchev–Trinajstić information content (AvgIpc) is 3.21. The minimum atomic E-state index is -0.559. The molecule has 0 unspecified atom stereocenters. The van der Waals surface area contributed by atoms with Crippen LogP contribution in [-0.2, 0) is 4.74 Å². The van der Waals surface area contributed by atoms with E-state index in [1.807, 2.05) is 36.4 Å². The van der Waals surface area contributed by atoms with Crippen molar-refractivity contribution in [3.8, 4) is 16.3 Å². The first-order chi connectivity index (χ1) is 14.2.